The van der Waals surface area contributed by atoms with Crippen molar-refractivity contribution in [3.8, 4) is 0 Å². The maximum atomic E-state index is 12.4. The molecule has 0 radical (unpaired) electrons. The van der Waals surface area contributed by atoms with Crippen LogP contribution in [0.4, 0.5) is 9.80 Å². The van der Waals surface area contributed by atoms with Crippen LogP contribution >= 0.6 is 22.9 Å². The molecule has 0 atom stereocenters. The highest BCUT2D eigenvalue weighted by Crippen LogP contribution is 2.26. The first-order valence-electron chi connectivity index (χ1n) is 6.56. The van der Waals surface area contributed by atoms with Crippen molar-refractivity contribution in [2.75, 3.05) is 18.4 Å². The Kier molecular flexibility index (Phi) is 4.12. The first-order chi connectivity index (χ1) is 10.5. The number of urea groups is 1. The van der Waals surface area contributed by atoms with E-state index in [0.717, 1.165) is 5.00 Å². The van der Waals surface area contributed by atoms with E-state index in [2.05, 4.69) is 5.32 Å². The molecule has 1 aromatic heterocycles. The number of likely N-dealkylation sites (tertiary alicyclic amines) is 1. The predicted octanol–water partition coefficient (Wildman–Crippen LogP) is 3.09. The molecule has 0 saturated carbocycles. The topological polar surface area (TPSA) is 66.5 Å². The smallest absolute Gasteiger partial charge is 0.322 e. The Morgan fingerprint density at radius 3 is 2.50 bits per heavy atom. The van der Waals surface area contributed by atoms with Crippen molar-refractivity contribution in [2.45, 2.75) is 10.1 Å². The number of carbonyl (C=O) groups excluding carboxylic acids is 1. The van der Waals surface area contributed by atoms with E-state index in [1.54, 1.807) is 18.2 Å². The van der Waals surface area contributed by atoms with Crippen LogP contribution in [0.5, 0.6) is 0 Å². The molecule has 0 bridgehead atoms. The molecule has 2 aromatic rings. The highest BCUT2D eigenvalue weighted by Gasteiger charge is 2.40. The first-order valence-corrected chi connectivity index (χ1v) is 9.36. The average Bonchev–Trinajstić information content (AvgIpc) is 2.90. The van der Waals surface area contributed by atoms with Crippen LogP contribution in [-0.4, -0.2) is 37.7 Å². The number of rotatable bonds is 3. The minimum Gasteiger partial charge on any atom is -0.322 e. The number of carbonyl (C=O) groups is 1. The molecule has 1 aliphatic heterocycles. The van der Waals surface area contributed by atoms with Crippen molar-refractivity contribution >= 4 is 43.8 Å². The molecule has 1 aliphatic rings. The maximum absolute atomic E-state index is 12.4. The third-order valence-electron chi connectivity index (χ3n) is 3.47. The minimum atomic E-state index is -3.43. The van der Waals surface area contributed by atoms with Gasteiger partial charge in [0.25, 0.3) is 0 Å². The number of halogens is 1. The molecule has 0 unspecified atom stereocenters. The van der Waals surface area contributed by atoms with E-state index in [0.29, 0.717) is 5.02 Å². The van der Waals surface area contributed by atoms with Crippen molar-refractivity contribution in [3.63, 3.8) is 0 Å². The van der Waals surface area contributed by atoms with E-state index in [4.69, 9.17) is 11.6 Å². The predicted molar refractivity (Wildman–Crippen MR) is 87.3 cm³/mol. The van der Waals surface area contributed by atoms with Gasteiger partial charge in [-0.2, -0.15) is 0 Å². The summed E-state index contributed by atoms with van der Waals surface area (Å²) in [5.41, 5.74) is 0. The molecule has 0 aliphatic carbocycles. The van der Waals surface area contributed by atoms with E-state index in [1.165, 1.54) is 28.4 Å². The van der Waals surface area contributed by atoms with Crippen LogP contribution in [-0.2, 0) is 9.84 Å². The van der Waals surface area contributed by atoms with Gasteiger partial charge in [-0.25, -0.2) is 13.2 Å². The van der Waals surface area contributed by atoms with Crippen molar-refractivity contribution in [2.24, 2.45) is 0 Å². The number of nitrogens with zero attached hydrogens (tertiary/aromatic N) is 1. The Balaban J connectivity index is 1.62. The minimum absolute atomic E-state index is 0.197. The number of hydrogen-bond donors (Lipinski definition) is 1. The first kappa shape index (κ1) is 15.3. The summed E-state index contributed by atoms with van der Waals surface area (Å²) in [5, 5.41) is 5.26. The van der Waals surface area contributed by atoms with Gasteiger partial charge in [-0.15, -0.1) is 11.3 Å². The number of anilines is 1. The highest BCUT2D eigenvalue weighted by atomic mass is 35.5. The fraction of sp³-hybridized carbons (Fsp3) is 0.214. The second-order valence-electron chi connectivity index (χ2n) is 4.93. The van der Waals surface area contributed by atoms with Gasteiger partial charge in [0.15, 0.2) is 9.84 Å². The van der Waals surface area contributed by atoms with Gasteiger partial charge in [-0.1, -0.05) is 11.6 Å². The van der Waals surface area contributed by atoms with Gasteiger partial charge in [0, 0.05) is 18.1 Å². The maximum Gasteiger partial charge on any atom is 0.322 e. The molecule has 1 fully saturated rings. The number of benzene rings is 1. The number of hydrogen-bond acceptors (Lipinski definition) is 4. The molecule has 5 nitrogen and oxygen atoms in total. The summed E-state index contributed by atoms with van der Waals surface area (Å²) < 4.78 is 24.8. The molecule has 8 heteroatoms. The normalized spacial score (nSPS) is 15.4. The Morgan fingerprint density at radius 1 is 1.23 bits per heavy atom. The fourth-order valence-corrected chi connectivity index (χ4v) is 4.54. The summed E-state index contributed by atoms with van der Waals surface area (Å²) in [7, 11) is -3.43. The van der Waals surface area contributed by atoms with E-state index >= 15 is 0 Å². The molecule has 1 aromatic carbocycles. The van der Waals surface area contributed by atoms with Crippen LogP contribution in [0, 0.1) is 0 Å². The van der Waals surface area contributed by atoms with Gasteiger partial charge < -0.3 is 4.90 Å². The van der Waals surface area contributed by atoms with E-state index in [-0.39, 0.29) is 24.0 Å². The molecular weight excluding hydrogens is 344 g/mol. The summed E-state index contributed by atoms with van der Waals surface area (Å²) in [6.45, 7) is 0.393. The molecule has 0 spiro atoms. The second kappa shape index (κ2) is 5.91. The Bertz CT molecular complexity index is 767. The molecule has 1 N–H and O–H groups in total. The van der Waals surface area contributed by atoms with Gasteiger partial charge in [-0.05, 0) is 41.8 Å². The van der Waals surface area contributed by atoms with Crippen molar-refractivity contribution < 1.29 is 13.2 Å². The third-order valence-corrected chi connectivity index (χ3v) is 6.61. The lowest BCUT2D eigenvalue weighted by Gasteiger charge is -2.38. The van der Waals surface area contributed by atoms with Crippen LogP contribution in [0.3, 0.4) is 0 Å². The summed E-state index contributed by atoms with van der Waals surface area (Å²) in [6.07, 6.45) is 0. The molecule has 116 valence electrons. The lowest BCUT2D eigenvalue weighted by molar-refractivity contribution is 0.183. The van der Waals surface area contributed by atoms with E-state index in [9.17, 15) is 13.2 Å². The number of nitrogens with one attached hydrogen (secondary N) is 1. The second-order valence-corrected chi connectivity index (χ2v) is 8.55. The van der Waals surface area contributed by atoms with Crippen molar-refractivity contribution in [3.05, 3.63) is 46.8 Å². The Hall–Kier alpha value is -1.57. The standard InChI is InChI=1S/C14H13ClN2O3S2/c15-10-3-5-11(6-4-10)22(19,20)12-8-17(9-12)14(18)16-13-2-1-7-21-13/h1-7,12H,8-9H2,(H,16,18). The van der Waals surface area contributed by atoms with Crippen LogP contribution in [0.1, 0.15) is 0 Å². The van der Waals surface area contributed by atoms with Crippen LogP contribution in [0.25, 0.3) is 0 Å². The van der Waals surface area contributed by atoms with Crippen LogP contribution in [0.15, 0.2) is 46.7 Å². The van der Waals surface area contributed by atoms with Gasteiger partial charge >= 0.3 is 6.03 Å². The summed E-state index contributed by atoms with van der Waals surface area (Å²) in [5.74, 6) is 0. The zero-order valence-corrected chi connectivity index (χ0v) is 13.8. The SMILES string of the molecule is O=C(Nc1cccs1)N1CC(S(=O)(=O)c2ccc(Cl)cc2)C1. The van der Waals surface area contributed by atoms with Crippen molar-refractivity contribution in [1.82, 2.24) is 4.90 Å². The van der Waals surface area contributed by atoms with Crippen LogP contribution < -0.4 is 5.32 Å². The van der Waals surface area contributed by atoms with Crippen molar-refractivity contribution in [1.29, 1.82) is 0 Å². The monoisotopic (exact) mass is 356 g/mol. The molecule has 3 rings (SSSR count). The number of sulfone groups is 1. The summed E-state index contributed by atoms with van der Waals surface area (Å²) in [6, 6.07) is 9.44. The van der Waals surface area contributed by atoms with E-state index < -0.39 is 15.1 Å². The Morgan fingerprint density at radius 2 is 1.91 bits per heavy atom. The zero-order chi connectivity index (χ0) is 15.7. The highest BCUT2D eigenvalue weighted by molar-refractivity contribution is 7.92. The quantitative estimate of drug-likeness (QED) is 0.918. The zero-order valence-electron chi connectivity index (χ0n) is 11.4. The van der Waals surface area contributed by atoms with Gasteiger partial charge in [0.1, 0.15) is 5.25 Å². The van der Waals surface area contributed by atoms with E-state index in [1.807, 2.05) is 11.4 Å². The number of thiophene rings is 1. The molecule has 1 saturated heterocycles. The molecular formula is C14H13ClN2O3S2. The Labute approximate surface area is 137 Å². The van der Waals surface area contributed by atoms with Crippen LogP contribution in [0.2, 0.25) is 5.02 Å². The fourth-order valence-electron chi connectivity index (χ4n) is 2.15. The molecule has 22 heavy (non-hydrogen) atoms. The third kappa shape index (κ3) is 2.97. The lowest BCUT2D eigenvalue weighted by atomic mass is 10.2. The van der Waals surface area contributed by atoms with Gasteiger partial charge in [-0.3, -0.25) is 5.32 Å². The lowest BCUT2D eigenvalue weighted by Crippen LogP contribution is -2.57. The molecule has 2 amide bonds. The summed E-state index contributed by atoms with van der Waals surface area (Å²) in [4.78, 5) is 13.7. The van der Waals surface area contributed by atoms with Gasteiger partial charge in [0.2, 0.25) is 0 Å². The molecule has 2 heterocycles. The largest absolute Gasteiger partial charge is 0.322 e. The summed E-state index contributed by atoms with van der Waals surface area (Å²) >= 11 is 7.18. The van der Waals surface area contributed by atoms with Gasteiger partial charge in [0.05, 0.1) is 9.90 Å². The average molecular weight is 357 g/mol. The number of amides is 2.